The Bertz CT molecular complexity index is 489. The van der Waals surface area contributed by atoms with E-state index >= 15 is 0 Å². The Kier molecular flexibility index (Phi) is 1.85. The van der Waals surface area contributed by atoms with Crippen LogP contribution in [0.3, 0.4) is 0 Å². The summed E-state index contributed by atoms with van der Waals surface area (Å²) in [5.74, 6) is 0.167. The van der Waals surface area contributed by atoms with Crippen molar-refractivity contribution in [2.75, 3.05) is 4.90 Å². The van der Waals surface area contributed by atoms with Crippen LogP contribution in [-0.2, 0) is 17.8 Å². The van der Waals surface area contributed by atoms with E-state index in [0.717, 1.165) is 16.3 Å². The Hall–Kier alpha value is -1.62. The summed E-state index contributed by atoms with van der Waals surface area (Å²) in [5, 5.41) is 2.02. The number of anilines is 1. The molecule has 0 saturated carbocycles. The van der Waals surface area contributed by atoms with E-state index in [1.165, 1.54) is 0 Å². The zero-order valence-corrected chi connectivity index (χ0v) is 8.75. The number of nitrogens with one attached hydrogen (secondary N) is 1. The molecule has 2 aromatic rings. The third-order valence-electron chi connectivity index (χ3n) is 2.50. The monoisotopic (exact) mass is 219 g/mol. The van der Waals surface area contributed by atoms with Crippen LogP contribution in [0, 0.1) is 0 Å². The lowest BCUT2D eigenvalue weighted by Crippen LogP contribution is -2.26. The van der Waals surface area contributed by atoms with Gasteiger partial charge in [-0.25, -0.2) is 4.98 Å². The minimum atomic E-state index is 0.167. The zero-order valence-electron chi connectivity index (χ0n) is 7.93. The van der Waals surface area contributed by atoms with Gasteiger partial charge in [0.05, 0.1) is 30.7 Å². The molecular formula is C10H9N3OS. The average molecular weight is 219 g/mol. The highest BCUT2D eigenvalue weighted by molar-refractivity contribution is 7.10. The topological polar surface area (TPSA) is 49.0 Å². The molecule has 1 N–H and O–H groups in total. The van der Waals surface area contributed by atoms with E-state index in [9.17, 15) is 4.79 Å². The van der Waals surface area contributed by atoms with Crippen molar-refractivity contribution in [2.45, 2.75) is 13.0 Å². The molecule has 0 saturated heterocycles. The number of hydrogen-bond donors (Lipinski definition) is 1. The number of thiophene rings is 1. The number of carbonyl (C=O) groups is 1. The summed E-state index contributed by atoms with van der Waals surface area (Å²) in [6.45, 7) is 0.562. The fraction of sp³-hybridized carbons (Fsp3) is 0.200. The number of aromatic nitrogens is 2. The number of amides is 1. The molecule has 15 heavy (non-hydrogen) atoms. The number of hydrogen-bond acceptors (Lipinski definition) is 3. The summed E-state index contributed by atoms with van der Waals surface area (Å²) in [5.41, 5.74) is 1.94. The van der Waals surface area contributed by atoms with Crippen LogP contribution >= 0.6 is 11.3 Å². The first-order chi connectivity index (χ1) is 7.34. The van der Waals surface area contributed by atoms with Crippen molar-refractivity contribution in [1.29, 1.82) is 0 Å². The summed E-state index contributed by atoms with van der Waals surface area (Å²) in [4.78, 5) is 21.7. The molecule has 5 heteroatoms. The van der Waals surface area contributed by atoms with Gasteiger partial charge >= 0.3 is 0 Å². The number of rotatable bonds is 2. The van der Waals surface area contributed by atoms with E-state index in [-0.39, 0.29) is 5.91 Å². The molecule has 2 aromatic heterocycles. The van der Waals surface area contributed by atoms with Crippen molar-refractivity contribution in [3.8, 4) is 0 Å². The van der Waals surface area contributed by atoms with E-state index in [2.05, 4.69) is 9.97 Å². The third kappa shape index (κ3) is 1.35. The maximum atomic E-state index is 11.7. The first-order valence-electron chi connectivity index (χ1n) is 4.69. The van der Waals surface area contributed by atoms with Gasteiger partial charge in [-0.3, -0.25) is 4.79 Å². The molecular weight excluding hydrogens is 210 g/mol. The van der Waals surface area contributed by atoms with E-state index in [1.54, 1.807) is 22.6 Å². The summed E-state index contributed by atoms with van der Waals surface area (Å²) in [6.07, 6.45) is 3.99. The normalized spacial score (nSPS) is 14.7. The van der Waals surface area contributed by atoms with Gasteiger partial charge in [0.2, 0.25) is 5.91 Å². The second-order valence-corrected chi connectivity index (χ2v) is 4.45. The van der Waals surface area contributed by atoms with Crippen LogP contribution in [0.4, 0.5) is 5.69 Å². The van der Waals surface area contributed by atoms with Crippen LogP contribution in [0.25, 0.3) is 0 Å². The first-order valence-corrected chi connectivity index (χ1v) is 5.57. The largest absolute Gasteiger partial charge is 0.351 e. The lowest BCUT2D eigenvalue weighted by molar-refractivity contribution is -0.117. The minimum absolute atomic E-state index is 0.167. The Morgan fingerprint density at radius 1 is 1.60 bits per heavy atom. The van der Waals surface area contributed by atoms with Gasteiger partial charge in [-0.05, 0) is 11.4 Å². The molecule has 1 aliphatic heterocycles. The van der Waals surface area contributed by atoms with Gasteiger partial charge < -0.3 is 9.88 Å². The molecule has 1 amide bonds. The van der Waals surface area contributed by atoms with E-state index < -0.39 is 0 Å². The van der Waals surface area contributed by atoms with Crippen LogP contribution < -0.4 is 4.90 Å². The van der Waals surface area contributed by atoms with Crippen molar-refractivity contribution in [1.82, 2.24) is 9.97 Å². The van der Waals surface area contributed by atoms with Gasteiger partial charge in [0, 0.05) is 11.1 Å². The minimum Gasteiger partial charge on any atom is -0.351 e. The second kappa shape index (κ2) is 3.20. The lowest BCUT2D eigenvalue weighted by Gasteiger charge is -2.14. The van der Waals surface area contributed by atoms with E-state index in [0.29, 0.717) is 13.0 Å². The summed E-state index contributed by atoms with van der Waals surface area (Å²) >= 11 is 1.64. The van der Waals surface area contributed by atoms with Crippen molar-refractivity contribution in [3.05, 3.63) is 34.5 Å². The average Bonchev–Trinajstić information content (AvgIpc) is 2.86. The zero-order chi connectivity index (χ0) is 10.3. The number of nitrogens with zero attached hydrogens (tertiary/aromatic N) is 2. The lowest BCUT2D eigenvalue weighted by atomic mass is 10.4. The molecule has 0 radical (unpaired) electrons. The standard InChI is InChI=1S/C10H9N3OS/c14-10-3-9-8(1-2-15-9)13(10)5-7-4-11-6-12-7/h1-2,4,6H,3,5H2,(H,11,12). The highest BCUT2D eigenvalue weighted by Gasteiger charge is 2.28. The van der Waals surface area contributed by atoms with Crippen LogP contribution in [0.2, 0.25) is 0 Å². The maximum Gasteiger partial charge on any atom is 0.232 e. The molecule has 4 nitrogen and oxygen atoms in total. The molecule has 0 fully saturated rings. The second-order valence-electron chi connectivity index (χ2n) is 3.45. The Balaban J connectivity index is 1.90. The number of fused-ring (bicyclic) bond motifs is 1. The van der Waals surface area contributed by atoms with Gasteiger partial charge in [-0.1, -0.05) is 0 Å². The first kappa shape index (κ1) is 8.67. The van der Waals surface area contributed by atoms with Gasteiger partial charge in [-0.15, -0.1) is 11.3 Å². The Morgan fingerprint density at radius 2 is 2.53 bits per heavy atom. The van der Waals surface area contributed by atoms with Gasteiger partial charge in [-0.2, -0.15) is 0 Å². The van der Waals surface area contributed by atoms with Crippen molar-refractivity contribution in [3.63, 3.8) is 0 Å². The summed E-state index contributed by atoms with van der Waals surface area (Å²) < 4.78 is 0. The summed E-state index contributed by atoms with van der Waals surface area (Å²) in [6, 6.07) is 2.00. The Labute approximate surface area is 90.6 Å². The number of carbonyl (C=O) groups excluding carboxylic acids is 1. The highest BCUT2D eigenvalue weighted by atomic mass is 32.1. The van der Waals surface area contributed by atoms with Crippen LogP contribution in [0.5, 0.6) is 0 Å². The van der Waals surface area contributed by atoms with E-state index in [1.807, 2.05) is 17.6 Å². The quantitative estimate of drug-likeness (QED) is 0.833. The van der Waals surface area contributed by atoms with Crippen LogP contribution in [0.15, 0.2) is 24.0 Å². The van der Waals surface area contributed by atoms with Gasteiger partial charge in [0.1, 0.15) is 0 Å². The number of imidazole rings is 1. The van der Waals surface area contributed by atoms with Gasteiger partial charge in [0.15, 0.2) is 0 Å². The smallest absolute Gasteiger partial charge is 0.232 e. The molecule has 0 aliphatic carbocycles. The fourth-order valence-electron chi connectivity index (χ4n) is 1.79. The molecule has 0 unspecified atom stereocenters. The van der Waals surface area contributed by atoms with Crippen molar-refractivity contribution in [2.24, 2.45) is 0 Å². The number of aromatic amines is 1. The third-order valence-corrected chi connectivity index (χ3v) is 3.41. The van der Waals surface area contributed by atoms with Crippen molar-refractivity contribution < 1.29 is 4.79 Å². The molecule has 0 spiro atoms. The van der Waals surface area contributed by atoms with E-state index in [4.69, 9.17) is 0 Å². The predicted molar refractivity (Wildman–Crippen MR) is 57.8 cm³/mol. The molecule has 0 atom stereocenters. The van der Waals surface area contributed by atoms with Crippen LogP contribution in [0.1, 0.15) is 10.6 Å². The highest BCUT2D eigenvalue weighted by Crippen LogP contribution is 2.33. The SMILES string of the molecule is O=C1Cc2sccc2N1Cc1c[nH]cn1. The number of H-pyrrole nitrogens is 1. The molecule has 0 bridgehead atoms. The Morgan fingerprint density at radius 3 is 3.33 bits per heavy atom. The molecule has 3 heterocycles. The molecule has 76 valence electrons. The molecule has 0 aromatic carbocycles. The predicted octanol–water partition coefficient (Wildman–Crippen LogP) is 1.56. The molecule has 1 aliphatic rings. The van der Waals surface area contributed by atoms with Crippen LogP contribution in [-0.4, -0.2) is 15.9 Å². The molecule has 3 rings (SSSR count). The fourth-order valence-corrected chi connectivity index (χ4v) is 2.65. The van der Waals surface area contributed by atoms with Gasteiger partial charge in [0.25, 0.3) is 0 Å². The summed E-state index contributed by atoms with van der Waals surface area (Å²) in [7, 11) is 0. The van der Waals surface area contributed by atoms with Crippen molar-refractivity contribution >= 4 is 22.9 Å². The maximum absolute atomic E-state index is 11.7.